The molecule has 0 aliphatic heterocycles. The van der Waals surface area contributed by atoms with Gasteiger partial charge in [-0.2, -0.15) is 5.26 Å². The van der Waals surface area contributed by atoms with Crippen molar-refractivity contribution in [2.75, 3.05) is 24.2 Å². The van der Waals surface area contributed by atoms with Gasteiger partial charge in [0, 0.05) is 12.2 Å². The number of benzene rings is 1. The van der Waals surface area contributed by atoms with E-state index in [9.17, 15) is 0 Å². The number of anilines is 2. The zero-order chi connectivity index (χ0) is 9.68. The molecule has 0 saturated heterocycles. The Hall–Kier alpha value is -1.73. The Labute approximate surface area is 76.6 Å². The molecule has 0 radical (unpaired) electrons. The van der Waals surface area contributed by atoms with E-state index in [-0.39, 0.29) is 6.61 Å². The molecule has 4 N–H and O–H groups in total. The third kappa shape index (κ3) is 2.36. The van der Waals surface area contributed by atoms with Crippen molar-refractivity contribution in [1.82, 2.24) is 0 Å². The number of nitrogens with two attached hydrogens (primary N) is 1. The van der Waals surface area contributed by atoms with Crippen molar-refractivity contribution < 1.29 is 5.11 Å². The van der Waals surface area contributed by atoms with Crippen LogP contribution in [0.5, 0.6) is 0 Å². The summed E-state index contributed by atoms with van der Waals surface area (Å²) in [4.78, 5) is 0. The molecule has 0 unspecified atom stereocenters. The number of nitrogen functional groups attached to an aromatic ring is 1. The Kier molecular flexibility index (Phi) is 3.12. The Bertz CT molecular complexity index is 330. The van der Waals surface area contributed by atoms with E-state index in [1.165, 1.54) is 0 Å². The zero-order valence-electron chi connectivity index (χ0n) is 7.12. The maximum Gasteiger partial charge on any atom is 0.101 e. The first-order valence-corrected chi connectivity index (χ1v) is 3.92. The fourth-order valence-corrected chi connectivity index (χ4v) is 0.975. The van der Waals surface area contributed by atoms with Gasteiger partial charge in [-0.3, -0.25) is 0 Å². The van der Waals surface area contributed by atoms with E-state index in [2.05, 4.69) is 5.32 Å². The lowest BCUT2D eigenvalue weighted by molar-refractivity contribution is 0.311. The lowest BCUT2D eigenvalue weighted by atomic mass is 10.2. The average Bonchev–Trinajstić information content (AvgIpc) is 2.15. The van der Waals surface area contributed by atoms with Crippen LogP contribution in [0.3, 0.4) is 0 Å². The second-order valence-corrected chi connectivity index (χ2v) is 2.56. The molecule has 0 bridgehead atoms. The maximum absolute atomic E-state index is 8.59. The highest BCUT2D eigenvalue weighted by Gasteiger charge is 1.98. The molecule has 0 fully saturated rings. The van der Waals surface area contributed by atoms with Crippen molar-refractivity contribution >= 4 is 11.4 Å². The van der Waals surface area contributed by atoms with E-state index in [0.717, 1.165) is 5.69 Å². The van der Waals surface area contributed by atoms with Crippen LogP contribution < -0.4 is 11.1 Å². The summed E-state index contributed by atoms with van der Waals surface area (Å²) in [7, 11) is 0. The third-order valence-electron chi connectivity index (χ3n) is 1.61. The van der Waals surface area contributed by atoms with E-state index < -0.39 is 0 Å². The Morgan fingerprint density at radius 3 is 2.85 bits per heavy atom. The van der Waals surface area contributed by atoms with Crippen LogP contribution in [0.1, 0.15) is 5.56 Å². The molecule has 4 nitrogen and oxygen atoms in total. The predicted octanol–water partition coefficient (Wildman–Crippen LogP) is 0.545. The van der Waals surface area contributed by atoms with Gasteiger partial charge in [-0.1, -0.05) is 0 Å². The lowest BCUT2D eigenvalue weighted by Crippen LogP contribution is -2.05. The minimum absolute atomic E-state index is 0.0694. The molecule has 1 aromatic carbocycles. The molecule has 0 aliphatic rings. The van der Waals surface area contributed by atoms with Gasteiger partial charge in [-0.05, 0) is 18.2 Å². The fraction of sp³-hybridized carbons (Fsp3) is 0.222. The van der Waals surface area contributed by atoms with E-state index >= 15 is 0 Å². The Morgan fingerprint density at radius 2 is 2.31 bits per heavy atom. The van der Waals surface area contributed by atoms with Crippen molar-refractivity contribution in [2.45, 2.75) is 0 Å². The van der Waals surface area contributed by atoms with Gasteiger partial charge in [0.1, 0.15) is 6.07 Å². The summed E-state index contributed by atoms with van der Waals surface area (Å²) < 4.78 is 0. The van der Waals surface area contributed by atoms with Crippen molar-refractivity contribution in [3.8, 4) is 6.07 Å². The molecule has 0 atom stereocenters. The number of aliphatic hydroxyl groups excluding tert-OH is 1. The van der Waals surface area contributed by atoms with Crippen molar-refractivity contribution in [1.29, 1.82) is 5.26 Å². The summed E-state index contributed by atoms with van der Waals surface area (Å²) in [5.41, 5.74) is 7.31. The SMILES string of the molecule is N#Cc1ccc(NCCO)cc1N. The van der Waals surface area contributed by atoms with Gasteiger partial charge in [0.05, 0.1) is 17.9 Å². The van der Waals surface area contributed by atoms with E-state index in [1.54, 1.807) is 18.2 Å². The summed E-state index contributed by atoms with van der Waals surface area (Å²) in [5, 5.41) is 20.1. The van der Waals surface area contributed by atoms with Gasteiger partial charge in [-0.15, -0.1) is 0 Å². The molecule has 0 aromatic heterocycles. The summed E-state index contributed by atoms with van der Waals surface area (Å²) in [5.74, 6) is 0. The van der Waals surface area contributed by atoms with Crippen LogP contribution in [-0.2, 0) is 0 Å². The molecular weight excluding hydrogens is 166 g/mol. The lowest BCUT2D eigenvalue weighted by Gasteiger charge is -2.05. The van der Waals surface area contributed by atoms with Crippen LogP contribution in [0.4, 0.5) is 11.4 Å². The Balaban J connectivity index is 2.79. The fourth-order valence-electron chi connectivity index (χ4n) is 0.975. The number of nitriles is 1. The van der Waals surface area contributed by atoms with Crippen LogP contribution in [0.2, 0.25) is 0 Å². The maximum atomic E-state index is 8.59. The first-order chi connectivity index (χ1) is 6.27. The smallest absolute Gasteiger partial charge is 0.101 e. The quantitative estimate of drug-likeness (QED) is 0.589. The second-order valence-electron chi connectivity index (χ2n) is 2.56. The zero-order valence-corrected chi connectivity index (χ0v) is 7.12. The molecule has 1 rings (SSSR count). The second kappa shape index (κ2) is 4.33. The number of hydrogen-bond acceptors (Lipinski definition) is 4. The van der Waals surface area contributed by atoms with Gasteiger partial charge >= 0.3 is 0 Å². The highest BCUT2D eigenvalue weighted by molar-refractivity contribution is 5.62. The van der Waals surface area contributed by atoms with Crippen LogP contribution in [0, 0.1) is 11.3 Å². The standard InChI is InChI=1S/C9H11N3O/c10-6-7-1-2-8(5-9(7)11)12-3-4-13/h1-2,5,12-13H,3-4,11H2. The molecule has 13 heavy (non-hydrogen) atoms. The van der Waals surface area contributed by atoms with Crippen LogP contribution in [0.15, 0.2) is 18.2 Å². The molecule has 0 spiro atoms. The number of nitrogens with zero attached hydrogens (tertiary/aromatic N) is 1. The van der Waals surface area contributed by atoms with Gasteiger partial charge in [0.15, 0.2) is 0 Å². The molecule has 0 amide bonds. The number of hydrogen-bond donors (Lipinski definition) is 3. The predicted molar refractivity (Wildman–Crippen MR) is 51.1 cm³/mol. The normalized spacial score (nSPS) is 9.23. The summed E-state index contributed by atoms with van der Waals surface area (Å²) in [6, 6.07) is 7.05. The number of aliphatic hydroxyl groups is 1. The van der Waals surface area contributed by atoms with E-state index in [1.807, 2.05) is 6.07 Å². The van der Waals surface area contributed by atoms with Crippen molar-refractivity contribution in [3.63, 3.8) is 0 Å². The van der Waals surface area contributed by atoms with Crippen molar-refractivity contribution in [3.05, 3.63) is 23.8 Å². The molecular formula is C9H11N3O. The molecule has 4 heteroatoms. The highest BCUT2D eigenvalue weighted by atomic mass is 16.3. The van der Waals surface area contributed by atoms with E-state index in [0.29, 0.717) is 17.8 Å². The molecule has 0 saturated carbocycles. The molecule has 0 aliphatic carbocycles. The minimum Gasteiger partial charge on any atom is -0.398 e. The van der Waals surface area contributed by atoms with Crippen LogP contribution in [0.25, 0.3) is 0 Å². The topological polar surface area (TPSA) is 82.1 Å². The average molecular weight is 177 g/mol. The molecule has 68 valence electrons. The summed E-state index contributed by atoms with van der Waals surface area (Å²) >= 11 is 0. The first-order valence-electron chi connectivity index (χ1n) is 3.92. The highest BCUT2D eigenvalue weighted by Crippen LogP contribution is 2.16. The summed E-state index contributed by atoms with van der Waals surface area (Å²) in [6.07, 6.45) is 0. The first kappa shape index (κ1) is 9.36. The molecule has 1 aromatic rings. The van der Waals surface area contributed by atoms with Gasteiger partial charge in [0.25, 0.3) is 0 Å². The summed E-state index contributed by atoms with van der Waals surface area (Å²) in [6.45, 7) is 0.547. The van der Waals surface area contributed by atoms with Crippen LogP contribution >= 0.6 is 0 Å². The van der Waals surface area contributed by atoms with Crippen molar-refractivity contribution in [2.24, 2.45) is 0 Å². The monoisotopic (exact) mass is 177 g/mol. The van der Waals surface area contributed by atoms with Gasteiger partial charge in [-0.25, -0.2) is 0 Å². The molecule has 0 heterocycles. The van der Waals surface area contributed by atoms with E-state index in [4.69, 9.17) is 16.1 Å². The Morgan fingerprint density at radius 1 is 1.54 bits per heavy atom. The number of nitrogens with one attached hydrogen (secondary N) is 1. The van der Waals surface area contributed by atoms with Gasteiger partial charge in [0.2, 0.25) is 0 Å². The minimum atomic E-state index is 0.0694. The van der Waals surface area contributed by atoms with Gasteiger partial charge < -0.3 is 16.2 Å². The van der Waals surface area contributed by atoms with Crippen LogP contribution in [-0.4, -0.2) is 18.3 Å². The third-order valence-corrected chi connectivity index (χ3v) is 1.61. The number of rotatable bonds is 3. The largest absolute Gasteiger partial charge is 0.398 e.